The number of carbonyl (C=O) groups is 1. The number of fused-ring (bicyclic) bond motifs is 3. The van der Waals surface area contributed by atoms with E-state index >= 15 is 0 Å². The molecule has 0 aliphatic rings. The Hall–Kier alpha value is -3.41. The summed E-state index contributed by atoms with van der Waals surface area (Å²) in [7, 11) is 0. The zero-order chi connectivity index (χ0) is 16.7. The lowest BCUT2D eigenvalue weighted by atomic mass is 10.2. The Morgan fingerprint density at radius 3 is 2.67 bits per heavy atom. The number of aromatic nitrogens is 2. The van der Waals surface area contributed by atoms with Crippen LogP contribution in [-0.2, 0) is 0 Å². The fourth-order valence-electron chi connectivity index (χ4n) is 2.68. The number of rotatable bonds is 2. The summed E-state index contributed by atoms with van der Waals surface area (Å²) in [6.45, 7) is 0. The summed E-state index contributed by atoms with van der Waals surface area (Å²) < 4.78 is 15.5. The number of amides is 1. The Balaban J connectivity index is 1.88. The Bertz CT molecular complexity index is 1090. The maximum atomic E-state index is 13.7. The molecule has 4 rings (SSSR count). The molecular weight excluding hydrogens is 309 g/mol. The van der Waals surface area contributed by atoms with E-state index < -0.39 is 11.7 Å². The van der Waals surface area contributed by atoms with Crippen LogP contribution in [0.1, 0.15) is 10.4 Å². The summed E-state index contributed by atoms with van der Waals surface area (Å²) in [5.41, 5.74) is 1.86. The number of benzene rings is 2. The average Bonchev–Trinajstić information content (AvgIpc) is 2.95. The van der Waals surface area contributed by atoms with Gasteiger partial charge < -0.3 is 10.4 Å². The molecule has 2 aromatic carbocycles. The smallest absolute Gasteiger partial charge is 0.263 e. The van der Waals surface area contributed by atoms with Crippen LogP contribution in [-0.4, -0.2) is 20.4 Å². The molecule has 0 radical (unpaired) electrons. The van der Waals surface area contributed by atoms with E-state index in [1.165, 1.54) is 24.3 Å². The number of halogens is 1. The number of nitrogens with one attached hydrogen (secondary N) is 1. The van der Waals surface area contributed by atoms with E-state index in [2.05, 4.69) is 10.3 Å². The number of anilines is 1. The molecule has 0 bridgehead atoms. The molecule has 2 aromatic heterocycles. The van der Waals surface area contributed by atoms with E-state index in [9.17, 15) is 14.3 Å². The molecule has 4 aromatic rings. The highest BCUT2D eigenvalue weighted by Crippen LogP contribution is 2.26. The first-order valence-corrected chi connectivity index (χ1v) is 7.30. The number of aromatic hydroxyl groups is 1. The first-order chi connectivity index (χ1) is 11.6. The lowest BCUT2D eigenvalue weighted by Gasteiger charge is -2.09. The number of carbonyl (C=O) groups excluding carboxylic acids is 1. The van der Waals surface area contributed by atoms with Gasteiger partial charge in [0, 0.05) is 6.20 Å². The monoisotopic (exact) mass is 321 g/mol. The molecule has 0 atom stereocenters. The lowest BCUT2D eigenvalue weighted by Crippen LogP contribution is -2.14. The van der Waals surface area contributed by atoms with Crippen molar-refractivity contribution in [2.45, 2.75) is 0 Å². The van der Waals surface area contributed by atoms with E-state index in [-0.39, 0.29) is 17.0 Å². The molecule has 0 aliphatic carbocycles. The van der Waals surface area contributed by atoms with Crippen molar-refractivity contribution >= 4 is 28.3 Å². The van der Waals surface area contributed by atoms with Crippen LogP contribution in [0.4, 0.5) is 10.1 Å². The molecule has 0 spiro atoms. The second kappa shape index (κ2) is 5.34. The van der Waals surface area contributed by atoms with Gasteiger partial charge in [-0.1, -0.05) is 24.3 Å². The van der Waals surface area contributed by atoms with Crippen LogP contribution in [0.5, 0.6) is 5.75 Å². The van der Waals surface area contributed by atoms with E-state index in [4.69, 9.17) is 0 Å². The van der Waals surface area contributed by atoms with Crippen molar-refractivity contribution in [2.75, 3.05) is 5.32 Å². The first-order valence-electron chi connectivity index (χ1n) is 7.30. The van der Waals surface area contributed by atoms with Gasteiger partial charge in [-0.3, -0.25) is 9.20 Å². The summed E-state index contributed by atoms with van der Waals surface area (Å²) in [5.74, 6) is -1.39. The first kappa shape index (κ1) is 14.2. The molecule has 0 saturated carbocycles. The molecule has 0 fully saturated rings. The molecule has 118 valence electrons. The van der Waals surface area contributed by atoms with Gasteiger partial charge in [0.1, 0.15) is 17.1 Å². The molecule has 2 heterocycles. The Kier molecular flexibility index (Phi) is 3.16. The van der Waals surface area contributed by atoms with Crippen molar-refractivity contribution in [2.24, 2.45) is 0 Å². The summed E-state index contributed by atoms with van der Waals surface area (Å²) in [5, 5.41) is 12.6. The van der Waals surface area contributed by atoms with Gasteiger partial charge in [-0.2, -0.15) is 0 Å². The molecule has 6 heteroatoms. The highest BCUT2D eigenvalue weighted by molar-refractivity contribution is 6.11. The summed E-state index contributed by atoms with van der Waals surface area (Å²) in [6, 6.07) is 14.6. The molecule has 2 N–H and O–H groups in total. The minimum atomic E-state index is -0.626. The number of imidazole rings is 1. The van der Waals surface area contributed by atoms with Crippen molar-refractivity contribution in [3.05, 3.63) is 72.2 Å². The van der Waals surface area contributed by atoms with Crippen molar-refractivity contribution in [1.82, 2.24) is 9.38 Å². The summed E-state index contributed by atoms with van der Waals surface area (Å²) in [6.07, 6.45) is 1.64. The van der Waals surface area contributed by atoms with Gasteiger partial charge in [-0.15, -0.1) is 0 Å². The van der Waals surface area contributed by atoms with Gasteiger partial charge in [-0.05, 0) is 30.3 Å². The van der Waals surface area contributed by atoms with Crippen molar-refractivity contribution in [3.8, 4) is 5.75 Å². The van der Waals surface area contributed by atoms with Crippen molar-refractivity contribution in [1.29, 1.82) is 0 Å². The van der Waals surface area contributed by atoms with E-state index in [0.29, 0.717) is 11.2 Å². The minimum absolute atomic E-state index is 0.00282. The summed E-state index contributed by atoms with van der Waals surface area (Å²) in [4.78, 5) is 17.0. The third-order valence-electron chi connectivity index (χ3n) is 3.81. The molecule has 0 unspecified atom stereocenters. The van der Waals surface area contributed by atoms with Gasteiger partial charge in [0.15, 0.2) is 5.65 Å². The second-order valence-electron chi connectivity index (χ2n) is 5.30. The fraction of sp³-hybridized carbons (Fsp3) is 0. The van der Waals surface area contributed by atoms with Crippen LogP contribution < -0.4 is 5.32 Å². The molecule has 5 nitrogen and oxygen atoms in total. The number of pyridine rings is 1. The van der Waals surface area contributed by atoms with Crippen LogP contribution in [0, 0.1) is 5.82 Å². The van der Waals surface area contributed by atoms with Gasteiger partial charge >= 0.3 is 0 Å². The van der Waals surface area contributed by atoms with Gasteiger partial charge in [0.2, 0.25) is 0 Å². The average molecular weight is 321 g/mol. The maximum absolute atomic E-state index is 13.7. The second-order valence-corrected chi connectivity index (χ2v) is 5.30. The number of hydrogen-bond donors (Lipinski definition) is 2. The predicted molar refractivity (Wildman–Crippen MR) is 88.7 cm³/mol. The predicted octanol–water partition coefficient (Wildman–Crippen LogP) is 3.58. The van der Waals surface area contributed by atoms with Gasteiger partial charge in [0.25, 0.3) is 5.91 Å². The zero-order valence-corrected chi connectivity index (χ0v) is 12.4. The molecule has 24 heavy (non-hydrogen) atoms. The number of hydrogen-bond acceptors (Lipinski definition) is 3. The van der Waals surface area contributed by atoms with E-state index in [1.807, 2.05) is 24.3 Å². The quantitative estimate of drug-likeness (QED) is 0.593. The highest BCUT2D eigenvalue weighted by atomic mass is 19.1. The number of para-hydroxylation sites is 3. The van der Waals surface area contributed by atoms with Crippen LogP contribution in [0.25, 0.3) is 16.7 Å². The molecule has 1 amide bonds. The third kappa shape index (κ3) is 2.16. The Labute approximate surface area is 136 Å². The van der Waals surface area contributed by atoms with Gasteiger partial charge in [-0.25, -0.2) is 9.37 Å². The van der Waals surface area contributed by atoms with E-state index in [1.54, 1.807) is 16.7 Å². The highest BCUT2D eigenvalue weighted by Gasteiger charge is 2.20. The van der Waals surface area contributed by atoms with Crippen LogP contribution in [0.15, 0.2) is 60.8 Å². The molecule has 0 aliphatic heterocycles. The topological polar surface area (TPSA) is 66.6 Å². The van der Waals surface area contributed by atoms with Crippen LogP contribution >= 0.6 is 0 Å². The normalized spacial score (nSPS) is 11.0. The molecule has 0 saturated heterocycles. The Morgan fingerprint density at radius 2 is 1.83 bits per heavy atom. The number of nitrogens with zero attached hydrogens (tertiary/aromatic N) is 2. The minimum Gasteiger partial charge on any atom is -0.507 e. The van der Waals surface area contributed by atoms with E-state index in [0.717, 1.165) is 5.52 Å². The summed E-state index contributed by atoms with van der Waals surface area (Å²) >= 11 is 0. The lowest BCUT2D eigenvalue weighted by molar-refractivity contribution is 0.102. The van der Waals surface area contributed by atoms with Crippen molar-refractivity contribution in [3.63, 3.8) is 0 Å². The van der Waals surface area contributed by atoms with Crippen LogP contribution in [0.3, 0.4) is 0 Å². The SMILES string of the molecule is O=C(Nc1ccccc1F)c1c(O)ccn2c1nc1ccccc12. The maximum Gasteiger partial charge on any atom is 0.263 e. The third-order valence-corrected chi connectivity index (χ3v) is 3.81. The van der Waals surface area contributed by atoms with Crippen molar-refractivity contribution < 1.29 is 14.3 Å². The Morgan fingerprint density at radius 1 is 1.08 bits per heavy atom. The zero-order valence-electron chi connectivity index (χ0n) is 12.4. The standard InChI is InChI=1S/C18H12FN3O2/c19-11-5-1-2-6-12(11)21-18(24)16-15(23)9-10-22-14-8-4-3-7-13(14)20-17(16)22/h1-10,23H,(H,21,24). The largest absolute Gasteiger partial charge is 0.507 e. The molecular formula is C18H12FN3O2. The van der Waals surface area contributed by atoms with Crippen LogP contribution in [0.2, 0.25) is 0 Å². The fourth-order valence-corrected chi connectivity index (χ4v) is 2.68. The van der Waals surface area contributed by atoms with Gasteiger partial charge in [0.05, 0.1) is 16.7 Å².